The maximum Gasteiger partial charge on any atom is 0.416 e. The summed E-state index contributed by atoms with van der Waals surface area (Å²) in [6, 6.07) is 15.9. The Kier molecular flexibility index (Phi) is 8.42. The zero-order valence-electron chi connectivity index (χ0n) is 19.2. The highest BCUT2D eigenvalue weighted by Crippen LogP contribution is 2.29. The summed E-state index contributed by atoms with van der Waals surface area (Å²) in [6.07, 6.45) is -4.56. The van der Waals surface area contributed by atoms with Crippen molar-refractivity contribution in [1.82, 2.24) is 10.2 Å². The van der Waals surface area contributed by atoms with Crippen molar-refractivity contribution in [2.45, 2.75) is 19.6 Å². The van der Waals surface area contributed by atoms with Crippen LogP contribution in [-0.2, 0) is 22.3 Å². The van der Waals surface area contributed by atoms with E-state index in [-0.39, 0.29) is 18.7 Å². The minimum absolute atomic E-state index is 0.0601. The second-order valence-corrected chi connectivity index (χ2v) is 8.06. The molecule has 0 aliphatic carbocycles. The van der Waals surface area contributed by atoms with Gasteiger partial charge in [-0.25, -0.2) is 4.39 Å². The number of nitrogens with zero attached hydrogens (tertiary/aromatic N) is 1. The molecule has 0 unspecified atom stereocenters. The average molecular weight is 501 g/mol. The van der Waals surface area contributed by atoms with Crippen LogP contribution in [0.25, 0.3) is 0 Å². The highest BCUT2D eigenvalue weighted by molar-refractivity contribution is 5.98. The number of nitrogens with one attached hydrogen (secondary N) is 2. The van der Waals surface area contributed by atoms with Gasteiger partial charge >= 0.3 is 6.18 Å². The van der Waals surface area contributed by atoms with Crippen LogP contribution in [0.2, 0.25) is 0 Å². The number of carbonyl (C=O) groups excluding carboxylic acids is 3. The molecule has 3 rings (SSSR count). The normalized spacial score (nSPS) is 11.0. The van der Waals surface area contributed by atoms with Crippen LogP contribution in [0.1, 0.15) is 27.0 Å². The van der Waals surface area contributed by atoms with Crippen LogP contribution in [0.5, 0.6) is 0 Å². The van der Waals surface area contributed by atoms with Crippen molar-refractivity contribution in [2.24, 2.45) is 0 Å². The average Bonchev–Trinajstić information content (AvgIpc) is 2.83. The van der Waals surface area contributed by atoms with E-state index in [1.165, 1.54) is 24.3 Å². The van der Waals surface area contributed by atoms with Crippen molar-refractivity contribution >= 4 is 23.4 Å². The summed E-state index contributed by atoms with van der Waals surface area (Å²) < 4.78 is 51.9. The first-order valence-electron chi connectivity index (χ1n) is 10.9. The number of rotatable bonds is 8. The molecule has 0 radical (unpaired) electrons. The van der Waals surface area contributed by atoms with E-state index < -0.39 is 41.8 Å². The minimum atomic E-state index is -4.56. The Labute approximate surface area is 204 Å². The first kappa shape index (κ1) is 26.4. The number of anilines is 1. The molecular formula is C26H23F4N3O3. The molecule has 0 atom stereocenters. The van der Waals surface area contributed by atoms with Gasteiger partial charge in [0.15, 0.2) is 0 Å². The largest absolute Gasteiger partial charge is 0.416 e. The van der Waals surface area contributed by atoms with Gasteiger partial charge in [0.2, 0.25) is 11.8 Å². The topological polar surface area (TPSA) is 78.5 Å². The van der Waals surface area contributed by atoms with E-state index in [0.29, 0.717) is 11.3 Å². The number of alkyl halides is 3. The van der Waals surface area contributed by atoms with Crippen LogP contribution in [-0.4, -0.2) is 35.7 Å². The third-order valence-electron chi connectivity index (χ3n) is 5.12. The van der Waals surface area contributed by atoms with E-state index in [4.69, 9.17) is 0 Å². The van der Waals surface area contributed by atoms with Gasteiger partial charge < -0.3 is 15.5 Å². The highest BCUT2D eigenvalue weighted by Gasteiger charge is 2.30. The monoisotopic (exact) mass is 501 g/mol. The van der Waals surface area contributed by atoms with Crippen LogP contribution >= 0.6 is 0 Å². The summed E-state index contributed by atoms with van der Waals surface area (Å²) >= 11 is 0. The van der Waals surface area contributed by atoms with Crippen LogP contribution in [0, 0.1) is 12.7 Å². The lowest BCUT2D eigenvalue weighted by atomic mass is 10.1. The number of hydrogen-bond donors (Lipinski definition) is 2. The molecule has 0 saturated carbocycles. The zero-order chi connectivity index (χ0) is 26.3. The van der Waals surface area contributed by atoms with Crippen molar-refractivity contribution in [3.8, 4) is 0 Å². The first-order valence-corrected chi connectivity index (χ1v) is 10.9. The number of aryl methyl sites for hydroxylation is 1. The van der Waals surface area contributed by atoms with E-state index >= 15 is 0 Å². The molecule has 0 fully saturated rings. The fraction of sp³-hybridized carbons (Fsp3) is 0.192. The van der Waals surface area contributed by atoms with Crippen LogP contribution in [0.15, 0.2) is 72.8 Å². The van der Waals surface area contributed by atoms with Crippen molar-refractivity contribution in [2.75, 3.05) is 18.4 Å². The molecule has 10 heteroatoms. The Morgan fingerprint density at radius 3 is 2.17 bits per heavy atom. The molecule has 0 aromatic heterocycles. The lowest BCUT2D eigenvalue weighted by Gasteiger charge is -2.23. The molecule has 0 spiro atoms. The SMILES string of the molecule is Cc1cccc(NC(=O)CNC(=O)CN(Cc2ccc(F)cc2)C(=O)c2ccc(C(F)(F)F)cc2)c1. The van der Waals surface area contributed by atoms with Crippen molar-refractivity contribution in [1.29, 1.82) is 0 Å². The van der Waals surface area contributed by atoms with Gasteiger partial charge in [-0.2, -0.15) is 13.2 Å². The van der Waals surface area contributed by atoms with Crippen LogP contribution in [0.4, 0.5) is 23.2 Å². The van der Waals surface area contributed by atoms with E-state index in [2.05, 4.69) is 10.6 Å². The molecule has 36 heavy (non-hydrogen) atoms. The van der Waals surface area contributed by atoms with Gasteiger partial charge in [0.05, 0.1) is 12.1 Å². The summed E-state index contributed by atoms with van der Waals surface area (Å²) in [4.78, 5) is 38.8. The molecule has 0 heterocycles. The van der Waals surface area contributed by atoms with Gasteiger partial charge in [-0.3, -0.25) is 14.4 Å². The quantitative estimate of drug-likeness (QED) is 0.445. The summed E-state index contributed by atoms with van der Waals surface area (Å²) in [6.45, 7) is 0.921. The summed E-state index contributed by atoms with van der Waals surface area (Å²) in [5.41, 5.74) is 1.03. The lowest BCUT2D eigenvalue weighted by Crippen LogP contribution is -2.42. The second kappa shape index (κ2) is 11.5. The molecule has 188 valence electrons. The first-order chi connectivity index (χ1) is 17.0. The molecule has 0 aliphatic rings. The van der Waals surface area contributed by atoms with Gasteiger partial charge in [-0.15, -0.1) is 0 Å². The maximum atomic E-state index is 13.3. The predicted molar refractivity (Wildman–Crippen MR) is 125 cm³/mol. The zero-order valence-corrected chi connectivity index (χ0v) is 19.2. The summed E-state index contributed by atoms with van der Waals surface area (Å²) in [5, 5.41) is 5.07. The van der Waals surface area contributed by atoms with E-state index in [1.54, 1.807) is 18.2 Å². The molecule has 0 aliphatic heterocycles. The Balaban J connectivity index is 1.68. The van der Waals surface area contributed by atoms with E-state index in [9.17, 15) is 31.9 Å². The standard InChI is InChI=1S/C26H23F4N3O3/c1-17-3-2-4-22(13-17)32-23(34)14-31-24(35)16-33(15-18-5-11-21(27)12-6-18)25(36)19-7-9-20(10-8-19)26(28,29)30/h2-13H,14-16H2,1H3,(H,31,35)(H,32,34). The van der Waals surface area contributed by atoms with E-state index in [1.807, 2.05) is 13.0 Å². The lowest BCUT2D eigenvalue weighted by molar-refractivity contribution is -0.137. The van der Waals surface area contributed by atoms with Gasteiger partial charge in [0.1, 0.15) is 12.4 Å². The van der Waals surface area contributed by atoms with Gasteiger partial charge in [-0.1, -0.05) is 24.3 Å². The van der Waals surface area contributed by atoms with Crippen molar-refractivity contribution in [3.63, 3.8) is 0 Å². The molecule has 6 nitrogen and oxygen atoms in total. The van der Waals surface area contributed by atoms with Crippen LogP contribution < -0.4 is 10.6 Å². The summed E-state index contributed by atoms with van der Waals surface area (Å²) in [7, 11) is 0. The van der Waals surface area contributed by atoms with Gasteiger partial charge in [0, 0.05) is 17.8 Å². The number of hydrogen-bond acceptors (Lipinski definition) is 3. The maximum absolute atomic E-state index is 13.3. The number of halogens is 4. The Hall–Kier alpha value is -4.21. The third kappa shape index (κ3) is 7.66. The minimum Gasteiger partial charge on any atom is -0.345 e. The molecule has 3 aromatic carbocycles. The van der Waals surface area contributed by atoms with Gasteiger partial charge in [-0.05, 0) is 66.6 Å². The number of benzene rings is 3. The second-order valence-electron chi connectivity index (χ2n) is 8.06. The molecular weight excluding hydrogens is 478 g/mol. The Bertz CT molecular complexity index is 1230. The molecule has 2 N–H and O–H groups in total. The fourth-order valence-corrected chi connectivity index (χ4v) is 3.33. The molecule has 3 amide bonds. The van der Waals surface area contributed by atoms with Gasteiger partial charge in [0.25, 0.3) is 5.91 Å². The predicted octanol–water partition coefficient (Wildman–Crippen LogP) is 4.55. The summed E-state index contributed by atoms with van der Waals surface area (Å²) in [5.74, 6) is -2.32. The van der Waals surface area contributed by atoms with Crippen LogP contribution in [0.3, 0.4) is 0 Å². The van der Waals surface area contributed by atoms with Crippen molar-refractivity contribution in [3.05, 3.63) is 101 Å². The smallest absolute Gasteiger partial charge is 0.345 e. The number of carbonyl (C=O) groups is 3. The number of amides is 3. The highest BCUT2D eigenvalue weighted by atomic mass is 19.4. The molecule has 0 bridgehead atoms. The third-order valence-corrected chi connectivity index (χ3v) is 5.12. The fourth-order valence-electron chi connectivity index (χ4n) is 3.33. The molecule has 0 saturated heterocycles. The van der Waals surface area contributed by atoms with E-state index in [0.717, 1.165) is 34.7 Å². The molecule has 3 aromatic rings. The Morgan fingerprint density at radius 2 is 1.56 bits per heavy atom. The Morgan fingerprint density at radius 1 is 0.889 bits per heavy atom. The van der Waals surface area contributed by atoms with Crippen molar-refractivity contribution < 1.29 is 31.9 Å².